The molecule has 25 heavy (non-hydrogen) atoms. The van der Waals surface area contributed by atoms with Crippen molar-refractivity contribution in [2.45, 2.75) is 26.7 Å². The van der Waals surface area contributed by atoms with Gasteiger partial charge < -0.3 is 10.2 Å². The number of carbonyl (C=O) groups is 2. The van der Waals surface area contributed by atoms with E-state index in [0.29, 0.717) is 18.1 Å². The van der Waals surface area contributed by atoms with Gasteiger partial charge in [0.15, 0.2) is 5.82 Å². The largest absolute Gasteiger partial charge is 0.342 e. The first-order valence-electron chi connectivity index (χ1n) is 8.45. The van der Waals surface area contributed by atoms with E-state index in [1.807, 2.05) is 13.8 Å². The number of hydrogen-bond donors (Lipinski definition) is 1. The number of nitrogens with zero attached hydrogens (tertiary/aromatic N) is 5. The normalized spacial score (nSPS) is 17.6. The molecule has 1 aliphatic heterocycles. The highest BCUT2D eigenvalue weighted by Gasteiger charge is 2.29. The molecular formula is C17H22N6O2. The molecule has 0 bridgehead atoms. The molecule has 0 radical (unpaired) electrons. The highest BCUT2D eigenvalue weighted by atomic mass is 16.2. The summed E-state index contributed by atoms with van der Waals surface area (Å²) in [6.07, 6.45) is 6.22. The van der Waals surface area contributed by atoms with Gasteiger partial charge in [0.25, 0.3) is 0 Å². The van der Waals surface area contributed by atoms with Gasteiger partial charge in [0, 0.05) is 19.0 Å². The standard InChI is InChI=1S/C17H22N6O2/c1-12(2)17(25)22-7-3-4-13(9-22)16(24)21-14-5-6-15(19-8-14)23-11-18-10-20-23/h5-6,8,10-13H,3-4,7,9H2,1-2H3,(H,21,24)/t13-/m1/s1. The van der Waals surface area contributed by atoms with Gasteiger partial charge in [-0.15, -0.1) is 0 Å². The molecule has 0 spiro atoms. The molecule has 1 saturated heterocycles. The molecule has 1 fully saturated rings. The van der Waals surface area contributed by atoms with Crippen LogP contribution >= 0.6 is 0 Å². The Hall–Kier alpha value is -2.77. The smallest absolute Gasteiger partial charge is 0.229 e. The minimum atomic E-state index is -0.188. The Morgan fingerprint density at radius 1 is 1.32 bits per heavy atom. The lowest BCUT2D eigenvalue weighted by Crippen LogP contribution is -2.45. The van der Waals surface area contributed by atoms with Crippen molar-refractivity contribution >= 4 is 17.5 Å². The molecule has 1 N–H and O–H groups in total. The maximum Gasteiger partial charge on any atom is 0.229 e. The SMILES string of the molecule is CC(C)C(=O)N1CCC[C@@H](C(=O)Nc2ccc(-n3cncn3)nc2)C1. The number of hydrogen-bond acceptors (Lipinski definition) is 5. The highest BCUT2D eigenvalue weighted by molar-refractivity contribution is 5.93. The number of piperidine rings is 1. The fourth-order valence-corrected chi connectivity index (χ4v) is 2.92. The third-order valence-electron chi connectivity index (χ3n) is 4.27. The predicted octanol–water partition coefficient (Wildman–Crippen LogP) is 1.50. The van der Waals surface area contributed by atoms with E-state index < -0.39 is 0 Å². The van der Waals surface area contributed by atoms with Crippen LogP contribution in [0.25, 0.3) is 5.82 Å². The molecule has 0 saturated carbocycles. The summed E-state index contributed by atoms with van der Waals surface area (Å²) in [6.45, 7) is 4.98. The Bertz CT molecular complexity index is 726. The quantitative estimate of drug-likeness (QED) is 0.909. The predicted molar refractivity (Wildman–Crippen MR) is 91.9 cm³/mol. The number of nitrogens with one attached hydrogen (secondary N) is 1. The van der Waals surface area contributed by atoms with E-state index in [2.05, 4.69) is 20.4 Å². The maximum atomic E-state index is 12.5. The zero-order chi connectivity index (χ0) is 17.8. The molecule has 2 aromatic heterocycles. The number of aromatic nitrogens is 4. The van der Waals surface area contributed by atoms with E-state index in [9.17, 15) is 9.59 Å². The average molecular weight is 342 g/mol. The van der Waals surface area contributed by atoms with Crippen LogP contribution in [0, 0.1) is 11.8 Å². The topological polar surface area (TPSA) is 93.0 Å². The first-order chi connectivity index (χ1) is 12.0. The van der Waals surface area contributed by atoms with Crippen LogP contribution in [-0.4, -0.2) is 49.6 Å². The Morgan fingerprint density at radius 3 is 2.80 bits per heavy atom. The van der Waals surface area contributed by atoms with Crippen LogP contribution in [0.4, 0.5) is 5.69 Å². The Balaban J connectivity index is 1.61. The summed E-state index contributed by atoms with van der Waals surface area (Å²) < 4.78 is 1.54. The van der Waals surface area contributed by atoms with Gasteiger partial charge in [-0.25, -0.2) is 14.6 Å². The van der Waals surface area contributed by atoms with Gasteiger partial charge in [-0.2, -0.15) is 5.10 Å². The van der Waals surface area contributed by atoms with Gasteiger partial charge in [0.05, 0.1) is 17.8 Å². The fourth-order valence-electron chi connectivity index (χ4n) is 2.92. The van der Waals surface area contributed by atoms with Gasteiger partial charge in [-0.3, -0.25) is 9.59 Å². The zero-order valence-electron chi connectivity index (χ0n) is 14.4. The van der Waals surface area contributed by atoms with E-state index >= 15 is 0 Å². The lowest BCUT2D eigenvalue weighted by atomic mass is 9.96. The molecule has 8 nitrogen and oxygen atoms in total. The zero-order valence-corrected chi connectivity index (χ0v) is 14.4. The first kappa shape index (κ1) is 17.1. The Kier molecular flexibility index (Phi) is 5.06. The molecule has 2 amide bonds. The van der Waals surface area contributed by atoms with Gasteiger partial charge in [-0.05, 0) is 25.0 Å². The Morgan fingerprint density at radius 2 is 2.16 bits per heavy atom. The number of rotatable bonds is 4. The van der Waals surface area contributed by atoms with Gasteiger partial charge in [0.2, 0.25) is 11.8 Å². The van der Waals surface area contributed by atoms with Crippen molar-refractivity contribution in [1.82, 2.24) is 24.6 Å². The van der Waals surface area contributed by atoms with Crippen LogP contribution in [0.3, 0.4) is 0 Å². The minimum absolute atomic E-state index is 0.0460. The van der Waals surface area contributed by atoms with Crippen molar-refractivity contribution in [3.05, 3.63) is 31.0 Å². The Labute approximate surface area is 146 Å². The monoisotopic (exact) mass is 342 g/mol. The summed E-state index contributed by atoms with van der Waals surface area (Å²) in [5.41, 5.74) is 0.626. The molecule has 1 aliphatic rings. The number of anilines is 1. The van der Waals surface area contributed by atoms with Crippen molar-refractivity contribution in [2.24, 2.45) is 11.8 Å². The summed E-state index contributed by atoms with van der Waals surface area (Å²) in [4.78, 5) is 34.6. The van der Waals surface area contributed by atoms with Gasteiger partial charge >= 0.3 is 0 Å². The fraction of sp³-hybridized carbons (Fsp3) is 0.471. The van der Waals surface area contributed by atoms with E-state index in [-0.39, 0.29) is 23.7 Å². The second-order valence-electron chi connectivity index (χ2n) is 6.51. The van der Waals surface area contributed by atoms with Crippen LogP contribution in [0.5, 0.6) is 0 Å². The lowest BCUT2D eigenvalue weighted by Gasteiger charge is -2.33. The van der Waals surface area contributed by atoms with Crippen molar-refractivity contribution in [1.29, 1.82) is 0 Å². The third-order valence-corrected chi connectivity index (χ3v) is 4.27. The molecule has 0 aromatic carbocycles. The number of likely N-dealkylation sites (tertiary alicyclic amines) is 1. The van der Waals surface area contributed by atoms with Gasteiger partial charge in [-0.1, -0.05) is 13.8 Å². The van der Waals surface area contributed by atoms with Crippen LogP contribution in [0.2, 0.25) is 0 Å². The molecule has 0 aliphatic carbocycles. The molecule has 3 heterocycles. The summed E-state index contributed by atoms with van der Waals surface area (Å²) in [5, 5.41) is 6.90. The number of amides is 2. The first-order valence-corrected chi connectivity index (χ1v) is 8.45. The molecule has 132 valence electrons. The highest BCUT2D eigenvalue weighted by Crippen LogP contribution is 2.20. The minimum Gasteiger partial charge on any atom is -0.342 e. The van der Waals surface area contributed by atoms with Crippen molar-refractivity contribution in [2.75, 3.05) is 18.4 Å². The molecule has 3 rings (SSSR count). The van der Waals surface area contributed by atoms with Crippen LogP contribution in [-0.2, 0) is 9.59 Å². The van der Waals surface area contributed by atoms with E-state index in [0.717, 1.165) is 19.4 Å². The van der Waals surface area contributed by atoms with Gasteiger partial charge in [0.1, 0.15) is 12.7 Å². The second-order valence-corrected chi connectivity index (χ2v) is 6.51. The summed E-state index contributed by atoms with van der Waals surface area (Å²) in [6, 6.07) is 3.54. The summed E-state index contributed by atoms with van der Waals surface area (Å²) in [5.74, 6) is 0.427. The number of carbonyl (C=O) groups excluding carboxylic acids is 2. The van der Waals surface area contributed by atoms with Crippen molar-refractivity contribution in [3.8, 4) is 5.82 Å². The number of pyridine rings is 1. The molecule has 1 atom stereocenters. The van der Waals surface area contributed by atoms with E-state index in [1.54, 1.807) is 34.2 Å². The maximum absolute atomic E-state index is 12.5. The summed E-state index contributed by atoms with van der Waals surface area (Å²) >= 11 is 0. The molecule has 0 unspecified atom stereocenters. The van der Waals surface area contributed by atoms with E-state index in [1.165, 1.54) is 6.33 Å². The van der Waals surface area contributed by atoms with Crippen molar-refractivity contribution in [3.63, 3.8) is 0 Å². The third kappa shape index (κ3) is 4.01. The van der Waals surface area contributed by atoms with Crippen LogP contribution in [0.15, 0.2) is 31.0 Å². The molecule has 8 heteroatoms. The average Bonchev–Trinajstić information content (AvgIpc) is 3.16. The lowest BCUT2D eigenvalue weighted by molar-refractivity contribution is -0.137. The van der Waals surface area contributed by atoms with Crippen LogP contribution in [0.1, 0.15) is 26.7 Å². The molecule has 2 aromatic rings. The van der Waals surface area contributed by atoms with Crippen molar-refractivity contribution < 1.29 is 9.59 Å². The summed E-state index contributed by atoms with van der Waals surface area (Å²) in [7, 11) is 0. The van der Waals surface area contributed by atoms with Crippen LogP contribution < -0.4 is 5.32 Å². The van der Waals surface area contributed by atoms with E-state index in [4.69, 9.17) is 0 Å². The molecular weight excluding hydrogens is 320 g/mol. The second kappa shape index (κ2) is 7.42.